The lowest BCUT2D eigenvalue weighted by molar-refractivity contribution is -0.132. The van der Waals surface area contributed by atoms with E-state index >= 15 is 0 Å². The number of imidazole rings is 1. The smallest absolute Gasteiger partial charge is 0.153 e. The van der Waals surface area contributed by atoms with Crippen LogP contribution in [0.25, 0.3) is 17.1 Å². The molecule has 3 aromatic rings. The van der Waals surface area contributed by atoms with Crippen molar-refractivity contribution in [2.45, 2.75) is 38.5 Å². The maximum atomic E-state index is 12.7. The van der Waals surface area contributed by atoms with Crippen molar-refractivity contribution in [3.8, 4) is 23.1 Å². The molecule has 30 heavy (non-hydrogen) atoms. The van der Waals surface area contributed by atoms with Crippen molar-refractivity contribution in [1.82, 2.24) is 14.5 Å². The summed E-state index contributed by atoms with van der Waals surface area (Å²) in [6.45, 7) is 4.21. The predicted octanol–water partition coefficient (Wildman–Crippen LogP) is 4.50. The summed E-state index contributed by atoms with van der Waals surface area (Å²) in [5.74, 6) is 0.534. The minimum Gasteiger partial charge on any atom is -0.298 e. The Morgan fingerprint density at radius 1 is 1.17 bits per heavy atom. The monoisotopic (exact) mass is 396 g/mol. The molecule has 2 heterocycles. The number of aromatic nitrogens is 3. The van der Waals surface area contributed by atoms with Crippen LogP contribution in [0, 0.1) is 29.1 Å². The summed E-state index contributed by atoms with van der Waals surface area (Å²) >= 11 is 0. The van der Waals surface area contributed by atoms with Gasteiger partial charge in [0.2, 0.25) is 0 Å². The van der Waals surface area contributed by atoms with Crippen LogP contribution in [0.2, 0.25) is 0 Å². The van der Waals surface area contributed by atoms with Gasteiger partial charge < -0.3 is 0 Å². The molecule has 5 nitrogen and oxygen atoms in total. The molecular formula is C25H24N4O. The summed E-state index contributed by atoms with van der Waals surface area (Å²) in [5, 5.41) is 9.64. The van der Waals surface area contributed by atoms with Gasteiger partial charge in [0, 0.05) is 40.7 Å². The number of ketones is 1. The molecule has 0 N–H and O–H groups in total. The molecule has 0 spiro atoms. The molecule has 0 saturated heterocycles. The molecule has 1 saturated carbocycles. The van der Waals surface area contributed by atoms with E-state index in [0.29, 0.717) is 6.42 Å². The number of carbonyl (C=O) groups is 1. The van der Waals surface area contributed by atoms with Crippen molar-refractivity contribution in [3.05, 3.63) is 66.2 Å². The zero-order valence-electron chi connectivity index (χ0n) is 17.2. The Balaban J connectivity index is 1.75. The van der Waals surface area contributed by atoms with Gasteiger partial charge in [0.1, 0.15) is 11.7 Å². The number of benzene rings is 1. The van der Waals surface area contributed by atoms with Crippen LogP contribution in [0.1, 0.15) is 38.1 Å². The highest BCUT2D eigenvalue weighted by Gasteiger charge is 2.53. The lowest BCUT2D eigenvalue weighted by Crippen LogP contribution is -2.50. The molecule has 2 aliphatic rings. The number of rotatable bonds is 2. The summed E-state index contributed by atoms with van der Waals surface area (Å²) in [7, 11) is 0. The van der Waals surface area contributed by atoms with E-state index in [4.69, 9.17) is 4.98 Å². The maximum absolute atomic E-state index is 12.7. The summed E-state index contributed by atoms with van der Waals surface area (Å²) in [6, 6.07) is 16.5. The fourth-order valence-electron chi connectivity index (χ4n) is 5.68. The fourth-order valence-corrected chi connectivity index (χ4v) is 5.68. The van der Waals surface area contributed by atoms with Gasteiger partial charge in [0.05, 0.1) is 11.8 Å². The Morgan fingerprint density at radius 2 is 1.90 bits per heavy atom. The highest BCUT2D eigenvalue weighted by molar-refractivity contribution is 5.87. The van der Waals surface area contributed by atoms with Crippen LogP contribution in [0.4, 0.5) is 0 Å². The number of Topliss-reactive ketones (excluding diaryl/α,β-unsaturated/α-hetero) is 1. The van der Waals surface area contributed by atoms with Gasteiger partial charge in [-0.2, -0.15) is 5.26 Å². The Hall–Kier alpha value is -3.26. The van der Waals surface area contributed by atoms with E-state index < -0.39 is 5.92 Å². The molecule has 4 atom stereocenters. The zero-order chi connectivity index (χ0) is 20.9. The first-order valence-electron chi connectivity index (χ1n) is 10.6. The van der Waals surface area contributed by atoms with Crippen molar-refractivity contribution in [1.29, 1.82) is 5.26 Å². The molecule has 3 unspecified atom stereocenters. The van der Waals surface area contributed by atoms with Gasteiger partial charge in [-0.25, -0.2) is 4.98 Å². The van der Waals surface area contributed by atoms with Crippen molar-refractivity contribution in [3.63, 3.8) is 0 Å². The second-order valence-corrected chi connectivity index (χ2v) is 8.78. The molecule has 2 aliphatic carbocycles. The van der Waals surface area contributed by atoms with Gasteiger partial charge in [-0.3, -0.25) is 14.3 Å². The Kier molecular flexibility index (Phi) is 4.32. The molecule has 1 fully saturated rings. The number of para-hydroxylation sites is 1. The van der Waals surface area contributed by atoms with E-state index in [2.05, 4.69) is 34.7 Å². The molecule has 0 radical (unpaired) electrons. The zero-order valence-corrected chi connectivity index (χ0v) is 17.2. The summed E-state index contributed by atoms with van der Waals surface area (Å²) in [5.41, 5.74) is 4.06. The van der Waals surface area contributed by atoms with Gasteiger partial charge in [-0.05, 0) is 49.4 Å². The van der Waals surface area contributed by atoms with E-state index in [1.165, 1.54) is 5.69 Å². The predicted molar refractivity (Wildman–Crippen MR) is 114 cm³/mol. The summed E-state index contributed by atoms with van der Waals surface area (Å²) < 4.78 is 2.26. The third-order valence-electron chi connectivity index (χ3n) is 7.16. The Labute approximate surface area is 176 Å². The van der Waals surface area contributed by atoms with Gasteiger partial charge >= 0.3 is 0 Å². The Morgan fingerprint density at radius 3 is 2.60 bits per heavy atom. The maximum Gasteiger partial charge on any atom is 0.153 e. The van der Waals surface area contributed by atoms with Gasteiger partial charge in [0.25, 0.3) is 0 Å². The van der Waals surface area contributed by atoms with Crippen LogP contribution in [-0.2, 0) is 16.6 Å². The van der Waals surface area contributed by atoms with Crippen LogP contribution in [0.15, 0.2) is 54.9 Å². The second kappa shape index (κ2) is 6.91. The van der Waals surface area contributed by atoms with Gasteiger partial charge in [-0.15, -0.1) is 0 Å². The van der Waals surface area contributed by atoms with Crippen molar-refractivity contribution in [2.75, 3.05) is 0 Å². The minimum atomic E-state index is -0.557. The first-order chi connectivity index (χ1) is 14.5. The van der Waals surface area contributed by atoms with E-state index in [1.54, 1.807) is 12.4 Å². The number of nitrogens with zero attached hydrogens (tertiary/aromatic N) is 4. The molecule has 2 aromatic heterocycles. The quantitative estimate of drug-likeness (QED) is 0.639. The highest BCUT2D eigenvalue weighted by atomic mass is 16.1. The molecule has 0 bridgehead atoms. The van der Waals surface area contributed by atoms with Gasteiger partial charge in [-0.1, -0.05) is 32.0 Å². The number of carbonyl (C=O) groups excluding carboxylic acids is 1. The molecule has 150 valence electrons. The minimum absolute atomic E-state index is 0.0975. The SMILES string of the molecule is C[C@@H]1C(=O)C(C#N)CC2(C)c3nc(-c4ccncc4)n(-c4ccccc4)c3CCC12. The topological polar surface area (TPSA) is 71.6 Å². The van der Waals surface area contributed by atoms with Crippen LogP contribution in [0.5, 0.6) is 0 Å². The fraction of sp³-hybridized carbons (Fsp3) is 0.360. The Bertz CT molecular complexity index is 1150. The normalized spacial score (nSPS) is 27.8. The lowest BCUT2D eigenvalue weighted by Gasteiger charge is -2.48. The van der Waals surface area contributed by atoms with Crippen LogP contribution >= 0.6 is 0 Å². The van der Waals surface area contributed by atoms with Crippen LogP contribution in [0.3, 0.4) is 0 Å². The lowest BCUT2D eigenvalue weighted by atomic mass is 9.54. The molecule has 5 heteroatoms. The van der Waals surface area contributed by atoms with E-state index in [1.807, 2.05) is 37.3 Å². The average Bonchev–Trinajstić information content (AvgIpc) is 3.18. The standard InChI is InChI=1S/C25H24N4O/c1-16-20-8-9-21-23(25(20,2)14-18(15-26)22(16)30)28-24(17-10-12-27-13-11-17)29(21)19-6-4-3-5-7-19/h3-7,10-13,16,18,20H,8-9,14H2,1-2H3/t16-,18?,20?,25?/m0/s1. The first-order valence-corrected chi connectivity index (χ1v) is 10.6. The van der Waals surface area contributed by atoms with E-state index in [9.17, 15) is 10.1 Å². The third-order valence-corrected chi connectivity index (χ3v) is 7.16. The van der Waals surface area contributed by atoms with Crippen LogP contribution in [-0.4, -0.2) is 20.3 Å². The molecule has 0 aliphatic heterocycles. The molecule has 5 rings (SSSR count). The molecular weight excluding hydrogens is 372 g/mol. The number of pyridine rings is 1. The number of fused-ring (bicyclic) bond motifs is 3. The van der Waals surface area contributed by atoms with Gasteiger partial charge in [0.15, 0.2) is 5.78 Å². The molecule has 0 amide bonds. The highest BCUT2D eigenvalue weighted by Crippen LogP contribution is 2.53. The van der Waals surface area contributed by atoms with E-state index in [0.717, 1.165) is 35.6 Å². The van der Waals surface area contributed by atoms with Crippen molar-refractivity contribution >= 4 is 5.78 Å². The van der Waals surface area contributed by atoms with E-state index in [-0.39, 0.29) is 23.0 Å². The third kappa shape index (κ3) is 2.64. The number of nitriles is 1. The molecule has 1 aromatic carbocycles. The van der Waals surface area contributed by atoms with Crippen molar-refractivity contribution < 1.29 is 4.79 Å². The number of hydrogen-bond donors (Lipinski definition) is 0. The summed E-state index contributed by atoms with van der Waals surface area (Å²) in [6.07, 6.45) is 5.93. The summed E-state index contributed by atoms with van der Waals surface area (Å²) in [4.78, 5) is 22.1. The van der Waals surface area contributed by atoms with Crippen molar-refractivity contribution in [2.24, 2.45) is 17.8 Å². The number of hydrogen-bond acceptors (Lipinski definition) is 4. The second-order valence-electron chi connectivity index (χ2n) is 8.78. The first kappa shape index (κ1) is 18.7. The largest absolute Gasteiger partial charge is 0.298 e. The average molecular weight is 396 g/mol. The van der Waals surface area contributed by atoms with Crippen LogP contribution < -0.4 is 0 Å².